The van der Waals surface area contributed by atoms with Crippen molar-refractivity contribution in [3.63, 3.8) is 0 Å². The molecule has 0 aliphatic rings. The molecule has 4 N–H and O–H groups in total. The Morgan fingerprint density at radius 1 is 1.45 bits per heavy atom. The maximum absolute atomic E-state index is 10.1. The maximum atomic E-state index is 10.1. The van der Waals surface area contributed by atoms with Crippen molar-refractivity contribution in [3.8, 4) is 0 Å². The minimum atomic E-state index is 0.329. The van der Waals surface area contributed by atoms with Gasteiger partial charge >= 0.3 is 0 Å². The number of nitrogen functional groups attached to an aromatic ring is 1. The molecule has 1 aromatic rings. The van der Waals surface area contributed by atoms with E-state index < -0.39 is 0 Å². The Hall–Kier alpha value is -1.42. The van der Waals surface area contributed by atoms with Gasteiger partial charge in [-0.25, -0.2) is 0 Å². The summed E-state index contributed by atoms with van der Waals surface area (Å²) in [5, 5.41) is 2.76. The van der Waals surface area contributed by atoms with Gasteiger partial charge in [-0.05, 0) is 28.9 Å². The third kappa shape index (κ3) is 1.53. The van der Waals surface area contributed by atoms with Gasteiger partial charge in [0.15, 0.2) is 0 Å². The molecule has 58 valence electrons. The molecule has 0 fully saturated rings. The van der Waals surface area contributed by atoms with Crippen molar-refractivity contribution >= 4 is 11.4 Å². The van der Waals surface area contributed by atoms with Crippen LogP contribution in [0.3, 0.4) is 0 Å². The van der Waals surface area contributed by atoms with Crippen LogP contribution in [0.4, 0.5) is 11.4 Å². The summed E-state index contributed by atoms with van der Waals surface area (Å²) >= 11 is 0. The standard InChI is InChI=1S/C7H9N3O/c8-4-5-3-6(10-11)1-2-7(5)9/h1-3H,4,8-9H2. The first-order valence-electron chi connectivity index (χ1n) is 3.19. The molecule has 0 aliphatic carbocycles. The van der Waals surface area contributed by atoms with Gasteiger partial charge in [-0.15, -0.1) is 4.91 Å². The van der Waals surface area contributed by atoms with Gasteiger partial charge in [-0.3, -0.25) is 0 Å². The summed E-state index contributed by atoms with van der Waals surface area (Å²) in [6.07, 6.45) is 0. The van der Waals surface area contributed by atoms with Crippen molar-refractivity contribution in [1.82, 2.24) is 0 Å². The largest absolute Gasteiger partial charge is 0.398 e. The lowest BCUT2D eigenvalue weighted by Crippen LogP contribution is -2.00. The highest BCUT2D eigenvalue weighted by atomic mass is 16.3. The normalized spacial score (nSPS) is 9.55. The maximum Gasteiger partial charge on any atom is 0.108 e. The number of hydrogen-bond acceptors (Lipinski definition) is 4. The van der Waals surface area contributed by atoms with Gasteiger partial charge < -0.3 is 11.5 Å². The quantitative estimate of drug-likeness (QED) is 0.491. The second kappa shape index (κ2) is 3.12. The average molecular weight is 151 g/mol. The number of hydrogen-bond donors (Lipinski definition) is 2. The molecule has 1 aromatic carbocycles. The molecular formula is C7H9N3O. The Bertz CT molecular complexity index is 272. The molecule has 0 unspecified atom stereocenters. The molecule has 0 heterocycles. The lowest BCUT2D eigenvalue weighted by molar-refractivity contribution is 1.07. The van der Waals surface area contributed by atoms with E-state index in [-0.39, 0.29) is 0 Å². The van der Waals surface area contributed by atoms with Crippen LogP contribution in [-0.4, -0.2) is 0 Å². The zero-order valence-corrected chi connectivity index (χ0v) is 5.95. The van der Waals surface area contributed by atoms with Crippen molar-refractivity contribution in [2.75, 3.05) is 5.73 Å². The molecular weight excluding hydrogens is 142 g/mol. The smallest absolute Gasteiger partial charge is 0.108 e. The summed E-state index contributed by atoms with van der Waals surface area (Å²) in [4.78, 5) is 10.1. The summed E-state index contributed by atoms with van der Waals surface area (Å²) in [5.41, 5.74) is 12.6. The number of nitrogens with zero attached hydrogens (tertiary/aromatic N) is 1. The first kappa shape index (κ1) is 7.68. The van der Waals surface area contributed by atoms with Gasteiger partial charge in [-0.2, -0.15) is 0 Å². The Kier molecular flexibility index (Phi) is 2.18. The van der Waals surface area contributed by atoms with Crippen LogP contribution in [-0.2, 0) is 6.54 Å². The van der Waals surface area contributed by atoms with Crippen molar-refractivity contribution < 1.29 is 0 Å². The highest BCUT2D eigenvalue weighted by molar-refractivity contribution is 5.54. The van der Waals surface area contributed by atoms with Gasteiger partial charge in [0.2, 0.25) is 0 Å². The predicted molar refractivity (Wildman–Crippen MR) is 44.2 cm³/mol. The average Bonchev–Trinajstić information content (AvgIpc) is 2.05. The Balaban J connectivity index is 3.12. The van der Waals surface area contributed by atoms with E-state index in [4.69, 9.17) is 11.5 Å². The van der Waals surface area contributed by atoms with E-state index in [1.165, 1.54) is 0 Å². The van der Waals surface area contributed by atoms with Crippen molar-refractivity contribution in [3.05, 3.63) is 28.7 Å². The van der Waals surface area contributed by atoms with Crippen LogP contribution >= 0.6 is 0 Å². The molecule has 0 spiro atoms. The van der Waals surface area contributed by atoms with E-state index in [0.717, 1.165) is 5.56 Å². The van der Waals surface area contributed by atoms with Gasteiger partial charge in [0, 0.05) is 12.2 Å². The summed E-state index contributed by atoms with van der Waals surface area (Å²) in [7, 11) is 0. The van der Waals surface area contributed by atoms with Crippen LogP contribution in [0.5, 0.6) is 0 Å². The van der Waals surface area contributed by atoms with Crippen LogP contribution in [0.25, 0.3) is 0 Å². The highest BCUT2D eigenvalue weighted by Crippen LogP contribution is 2.18. The molecule has 4 heteroatoms. The fraction of sp³-hybridized carbons (Fsp3) is 0.143. The third-order valence-corrected chi connectivity index (χ3v) is 1.45. The lowest BCUT2D eigenvalue weighted by Gasteiger charge is -2.00. The molecule has 0 atom stereocenters. The zero-order valence-electron chi connectivity index (χ0n) is 5.95. The van der Waals surface area contributed by atoms with Gasteiger partial charge in [0.1, 0.15) is 5.69 Å². The van der Waals surface area contributed by atoms with E-state index >= 15 is 0 Å². The van der Waals surface area contributed by atoms with Crippen LogP contribution in [0, 0.1) is 4.91 Å². The molecule has 0 saturated carbocycles. The van der Waals surface area contributed by atoms with E-state index in [0.29, 0.717) is 17.9 Å². The first-order valence-corrected chi connectivity index (χ1v) is 3.19. The Morgan fingerprint density at radius 3 is 2.73 bits per heavy atom. The number of nitroso groups, excluding NO2 is 1. The molecule has 0 bridgehead atoms. The zero-order chi connectivity index (χ0) is 8.27. The Morgan fingerprint density at radius 2 is 2.18 bits per heavy atom. The minimum Gasteiger partial charge on any atom is -0.398 e. The second-order valence-electron chi connectivity index (χ2n) is 2.18. The van der Waals surface area contributed by atoms with Crippen LogP contribution < -0.4 is 11.5 Å². The number of rotatable bonds is 2. The number of nitrogens with two attached hydrogens (primary N) is 2. The highest BCUT2D eigenvalue weighted by Gasteiger charge is 1.98. The van der Waals surface area contributed by atoms with E-state index in [9.17, 15) is 4.91 Å². The fourth-order valence-electron chi connectivity index (χ4n) is 0.826. The fourth-order valence-corrected chi connectivity index (χ4v) is 0.826. The van der Waals surface area contributed by atoms with Crippen LogP contribution in [0.2, 0.25) is 0 Å². The van der Waals surface area contributed by atoms with Crippen molar-refractivity contribution in [2.45, 2.75) is 6.54 Å². The van der Waals surface area contributed by atoms with Gasteiger partial charge in [-0.1, -0.05) is 0 Å². The molecule has 4 nitrogen and oxygen atoms in total. The molecule has 0 radical (unpaired) electrons. The van der Waals surface area contributed by atoms with E-state index in [1.54, 1.807) is 18.2 Å². The second-order valence-corrected chi connectivity index (χ2v) is 2.18. The van der Waals surface area contributed by atoms with E-state index in [2.05, 4.69) is 5.18 Å². The molecule has 11 heavy (non-hydrogen) atoms. The molecule has 0 saturated heterocycles. The molecule has 0 aliphatic heterocycles. The summed E-state index contributed by atoms with van der Waals surface area (Å²) in [6.45, 7) is 0.329. The summed E-state index contributed by atoms with van der Waals surface area (Å²) in [5.74, 6) is 0. The molecule has 1 rings (SSSR count). The monoisotopic (exact) mass is 151 g/mol. The SMILES string of the molecule is NCc1cc(N=O)ccc1N. The summed E-state index contributed by atoms with van der Waals surface area (Å²) < 4.78 is 0. The minimum absolute atomic E-state index is 0.329. The Labute approximate surface area is 64.2 Å². The van der Waals surface area contributed by atoms with Crippen molar-refractivity contribution in [1.29, 1.82) is 0 Å². The van der Waals surface area contributed by atoms with E-state index in [1.807, 2.05) is 0 Å². The molecule has 0 amide bonds. The first-order chi connectivity index (χ1) is 5.27. The van der Waals surface area contributed by atoms with Crippen LogP contribution in [0.1, 0.15) is 5.56 Å². The summed E-state index contributed by atoms with van der Waals surface area (Å²) in [6, 6.07) is 4.77. The lowest BCUT2D eigenvalue weighted by atomic mass is 10.1. The van der Waals surface area contributed by atoms with Crippen LogP contribution in [0.15, 0.2) is 23.4 Å². The van der Waals surface area contributed by atoms with Gasteiger partial charge in [0.25, 0.3) is 0 Å². The number of benzene rings is 1. The van der Waals surface area contributed by atoms with Crippen molar-refractivity contribution in [2.24, 2.45) is 10.9 Å². The molecule has 0 aromatic heterocycles. The number of anilines is 1. The predicted octanol–water partition coefficient (Wildman–Crippen LogP) is 1.13. The van der Waals surface area contributed by atoms with Gasteiger partial charge in [0.05, 0.1) is 0 Å². The topological polar surface area (TPSA) is 81.5 Å². The third-order valence-electron chi connectivity index (χ3n) is 1.45.